The molecule has 3 nitrogen and oxygen atoms in total. The summed E-state index contributed by atoms with van der Waals surface area (Å²) >= 11 is 0. The van der Waals surface area contributed by atoms with E-state index in [4.69, 9.17) is 5.73 Å². The Balaban J connectivity index is 2.44. The van der Waals surface area contributed by atoms with Gasteiger partial charge in [-0.05, 0) is 43.1 Å². The zero-order chi connectivity index (χ0) is 13.7. The molecule has 1 aliphatic heterocycles. The third-order valence-electron chi connectivity index (χ3n) is 4.29. The average molecular weight is 254 g/mol. The molecule has 1 fully saturated rings. The maximum Gasteiger partial charge on any atom is 0.222 e. The van der Waals surface area contributed by atoms with Crippen molar-refractivity contribution in [2.75, 3.05) is 19.6 Å². The molecule has 1 amide bonds. The number of carbonyl (C=O) groups is 1. The Labute approximate surface area is 112 Å². The van der Waals surface area contributed by atoms with Gasteiger partial charge in [0.05, 0.1) is 0 Å². The molecule has 0 spiro atoms. The van der Waals surface area contributed by atoms with Gasteiger partial charge < -0.3 is 10.6 Å². The van der Waals surface area contributed by atoms with Crippen LogP contribution in [0.3, 0.4) is 0 Å². The topological polar surface area (TPSA) is 46.3 Å². The zero-order valence-corrected chi connectivity index (χ0v) is 12.5. The van der Waals surface area contributed by atoms with Crippen molar-refractivity contribution < 1.29 is 4.79 Å². The summed E-state index contributed by atoms with van der Waals surface area (Å²) in [5, 5.41) is 0. The number of carbonyl (C=O) groups excluding carboxylic acids is 1. The Morgan fingerprint density at radius 2 is 2.00 bits per heavy atom. The highest BCUT2D eigenvalue weighted by Gasteiger charge is 2.27. The van der Waals surface area contributed by atoms with Crippen LogP contribution < -0.4 is 5.73 Å². The quantitative estimate of drug-likeness (QED) is 0.819. The molecule has 0 aliphatic carbocycles. The molecule has 0 bridgehead atoms. The first-order valence-electron chi connectivity index (χ1n) is 7.41. The molecule has 0 aromatic carbocycles. The van der Waals surface area contributed by atoms with E-state index in [9.17, 15) is 4.79 Å². The molecule has 1 rings (SSSR count). The lowest BCUT2D eigenvalue weighted by atomic mass is 9.88. The number of likely N-dealkylation sites (tertiary alicyclic amines) is 1. The van der Waals surface area contributed by atoms with Crippen LogP contribution in [-0.4, -0.2) is 30.4 Å². The van der Waals surface area contributed by atoms with E-state index in [2.05, 4.69) is 27.7 Å². The van der Waals surface area contributed by atoms with Crippen LogP contribution in [0.25, 0.3) is 0 Å². The second-order valence-corrected chi connectivity index (χ2v) is 6.52. The normalized spacial score (nSPS) is 26.4. The van der Waals surface area contributed by atoms with E-state index in [-0.39, 0.29) is 0 Å². The summed E-state index contributed by atoms with van der Waals surface area (Å²) in [4.78, 5) is 14.3. The molecule has 0 aromatic rings. The Bertz CT molecular complexity index is 265. The Kier molecular flexibility index (Phi) is 6.13. The first kappa shape index (κ1) is 15.5. The van der Waals surface area contributed by atoms with Crippen LogP contribution in [0.1, 0.15) is 47.0 Å². The minimum atomic E-state index is 0.310. The first-order chi connectivity index (χ1) is 8.43. The molecule has 0 saturated carbocycles. The number of nitrogens with zero attached hydrogens (tertiary/aromatic N) is 1. The van der Waals surface area contributed by atoms with Crippen molar-refractivity contribution in [1.82, 2.24) is 4.90 Å². The highest BCUT2D eigenvalue weighted by atomic mass is 16.2. The number of piperidine rings is 1. The smallest absolute Gasteiger partial charge is 0.222 e. The van der Waals surface area contributed by atoms with Crippen LogP contribution in [-0.2, 0) is 4.79 Å². The van der Waals surface area contributed by atoms with E-state index in [0.29, 0.717) is 36.6 Å². The van der Waals surface area contributed by atoms with Gasteiger partial charge in [0.15, 0.2) is 0 Å². The second-order valence-electron chi connectivity index (χ2n) is 6.52. The zero-order valence-electron chi connectivity index (χ0n) is 12.5. The summed E-state index contributed by atoms with van der Waals surface area (Å²) in [6.07, 6.45) is 2.84. The summed E-state index contributed by atoms with van der Waals surface area (Å²) in [5.41, 5.74) is 5.78. The predicted molar refractivity (Wildman–Crippen MR) is 76.1 cm³/mol. The molecule has 3 atom stereocenters. The summed E-state index contributed by atoms with van der Waals surface area (Å²) in [7, 11) is 0. The minimum Gasteiger partial charge on any atom is -0.342 e. The molecule has 106 valence electrons. The summed E-state index contributed by atoms with van der Waals surface area (Å²) in [6.45, 7) is 11.4. The van der Waals surface area contributed by atoms with E-state index in [1.54, 1.807) is 0 Å². The number of hydrogen-bond acceptors (Lipinski definition) is 2. The van der Waals surface area contributed by atoms with Crippen molar-refractivity contribution in [3.63, 3.8) is 0 Å². The highest BCUT2D eigenvalue weighted by molar-refractivity contribution is 5.76. The molecule has 0 radical (unpaired) electrons. The number of nitrogens with two attached hydrogens (primary N) is 1. The highest BCUT2D eigenvalue weighted by Crippen LogP contribution is 2.24. The lowest BCUT2D eigenvalue weighted by Gasteiger charge is -2.36. The third-order valence-corrected chi connectivity index (χ3v) is 4.29. The van der Waals surface area contributed by atoms with Crippen molar-refractivity contribution in [3.05, 3.63) is 0 Å². The fourth-order valence-corrected chi connectivity index (χ4v) is 2.79. The van der Waals surface area contributed by atoms with Crippen LogP contribution in [0, 0.1) is 23.7 Å². The van der Waals surface area contributed by atoms with Gasteiger partial charge in [-0.3, -0.25) is 4.79 Å². The fourth-order valence-electron chi connectivity index (χ4n) is 2.79. The molecule has 1 heterocycles. The molecule has 1 aliphatic rings. The van der Waals surface area contributed by atoms with Gasteiger partial charge >= 0.3 is 0 Å². The predicted octanol–water partition coefficient (Wildman–Crippen LogP) is 2.50. The summed E-state index contributed by atoms with van der Waals surface area (Å²) < 4.78 is 0. The van der Waals surface area contributed by atoms with Gasteiger partial charge in [-0.25, -0.2) is 0 Å². The third kappa shape index (κ3) is 4.60. The molecule has 0 aromatic heterocycles. The largest absolute Gasteiger partial charge is 0.342 e. The molecular weight excluding hydrogens is 224 g/mol. The van der Waals surface area contributed by atoms with Crippen molar-refractivity contribution in [2.24, 2.45) is 29.4 Å². The number of amides is 1. The molecule has 18 heavy (non-hydrogen) atoms. The number of hydrogen-bond donors (Lipinski definition) is 1. The monoisotopic (exact) mass is 254 g/mol. The van der Waals surface area contributed by atoms with Crippen molar-refractivity contribution >= 4 is 5.91 Å². The van der Waals surface area contributed by atoms with Crippen LogP contribution in [0.15, 0.2) is 0 Å². The molecule has 3 heteroatoms. The van der Waals surface area contributed by atoms with Gasteiger partial charge in [0.25, 0.3) is 0 Å². The van der Waals surface area contributed by atoms with E-state index >= 15 is 0 Å². The average Bonchev–Trinajstić information content (AvgIpc) is 2.31. The summed E-state index contributed by atoms with van der Waals surface area (Å²) in [6, 6.07) is 0. The van der Waals surface area contributed by atoms with Crippen molar-refractivity contribution in [1.29, 1.82) is 0 Å². The lowest BCUT2D eigenvalue weighted by Crippen LogP contribution is -2.43. The van der Waals surface area contributed by atoms with Crippen LogP contribution in [0.4, 0.5) is 0 Å². The molecule has 1 saturated heterocycles. The second kappa shape index (κ2) is 7.13. The van der Waals surface area contributed by atoms with Crippen LogP contribution in [0.2, 0.25) is 0 Å². The Hall–Kier alpha value is -0.570. The van der Waals surface area contributed by atoms with Crippen LogP contribution in [0.5, 0.6) is 0 Å². The van der Waals surface area contributed by atoms with Gasteiger partial charge in [-0.2, -0.15) is 0 Å². The van der Waals surface area contributed by atoms with E-state index in [1.807, 2.05) is 4.90 Å². The van der Waals surface area contributed by atoms with Gasteiger partial charge in [0, 0.05) is 19.5 Å². The van der Waals surface area contributed by atoms with Gasteiger partial charge in [-0.1, -0.05) is 27.7 Å². The minimum absolute atomic E-state index is 0.310. The van der Waals surface area contributed by atoms with Crippen molar-refractivity contribution in [3.8, 4) is 0 Å². The van der Waals surface area contributed by atoms with E-state index < -0.39 is 0 Å². The Morgan fingerprint density at radius 1 is 1.33 bits per heavy atom. The fraction of sp³-hybridized carbons (Fsp3) is 0.933. The van der Waals surface area contributed by atoms with Gasteiger partial charge in [-0.15, -0.1) is 0 Å². The molecule has 2 N–H and O–H groups in total. The maximum absolute atomic E-state index is 12.3. The Morgan fingerprint density at radius 3 is 2.50 bits per heavy atom. The standard InChI is InChI=1S/C15H30N2O/c1-11(2)7-14(9-16)8-15(18)17-6-5-12(3)13(4)10-17/h11-14H,5-10,16H2,1-4H3. The van der Waals surface area contributed by atoms with Gasteiger partial charge in [0.1, 0.15) is 0 Å². The number of rotatable bonds is 5. The molecule has 3 unspecified atom stereocenters. The van der Waals surface area contributed by atoms with E-state index in [0.717, 1.165) is 31.8 Å². The van der Waals surface area contributed by atoms with Crippen LogP contribution >= 0.6 is 0 Å². The van der Waals surface area contributed by atoms with Crippen molar-refractivity contribution in [2.45, 2.75) is 47.0 Å². The molecular formula is C15H30N2O. The van der Waals surface area contributed by atoms with E-state index in [1.165, 1.54) is 0 Å². The lowest BCUT2D eigenvalue weighted by molar-refractivity contribution is -0.134. The summed E-state index contributed by atoms with van der Waals surface area (Å²) in [5.74, 6) is 2.66. The first-order valence-corrected chi connectivity index (χ1v) is 7.41. The maximum atomic E-state index is 12.3. The SMILES string of the molecule is CC(C)CC(CN)CC(=O)N1CCC(C)C(C)C1. The van der Waals surface area contributed by atoms with Gasteiger partial charge in [0.2, 0.25) is 5.91 Å².